The largest absolute Gasteiger partial charge is 0.447 e. The highest BCUT2D eigenvalue weighted by Gasteiger charge is 2.40. The molecule has 1 aromatic carbocycles. The summed E-state index contributed by atoms with van der Waals surface area (Å²) < 4.78 is 31.3. The van der Waals surface area contributed by atoms with E-state index >= 15 is 0 Å². The molecule has 4 rings (SSSR count). The van der Waals surface area contributed by atoms with Crippen LogP contribution in [0.25, 0.3) is 0 Å². The van der Waals surface area contributed by atoms with E-state index in [0.29, 0.717) is 36.0 Å². The molecule has 1 amide bonds. The first kappa shape index (κ1) is 14.0. The molecule has 1 aromatic rings. The monoisotopic (exact) mass is 324 g/mol. The normalized spacial score (nSPS) is 30.8. The second-order valence-electron chi connectivity index (χ2n) is 5.97. The quantitative estimate of drug-likeness (QED) is 0.833. The molecule has 5 nitrogen and oxygen atoms in total. The highest BCUT2D eigenvalue weighted by Crippen LogP contribution is 2.37. The van der Waals surface area contributed by atoms with Crippen molar-refractivity contribution in [2.45, 2.75) is 24.9 Å². The summed E-state index contributed by atoms with van der Waals surface area (Å²) >= 11 is 0. The fraction of sp³-hybridized carbons (Fsp3) is 0.533. The first-order valence-electron chi connectivity index (χ1n) is 7.50. The van der Waals surface area contributed by atoms with E-state index in [9.17, 15) is 13.4 Å². The van der Waals surface area contributed by atoms with E-state index in [-0.39, 0.29) is 17.9 Å². The second kappa shape index (κ2) is 5.22. The molecule has 0 spiro atoms. The van der Waals surface area contributed by atoms with Gasteiger partial charge in [-0.1, -0.05) is 0 Å². The van der Waals surface area contributed by atoms with Gasteiger partial charge in [0.2, 0.25) is 0 Å². The van der Waals surface area contributed by atoms with Crippen molar-refractivity contribution in [2.24, 2.45) is 0 Å². The molecule has 3 saturated heterocycles. The molecule has 7 heteroatoms. The van der Waals surface area contributed by atoms with Crippen molar-refractivity contribution in [3.63, 3.8) is 0 Å². The standard InChI is InChI=1S/C15H17FN2O3S/c16-13-7-10(17-5-6-21-15(17)19)3-4-14(13)18-11-1-2-12(18)9-22(20)8-11/h3-4,7,11-12H,1-2,5-6,8-9H2. The van der Waals surface area contributed by atoms with Crippen LogP contribution < -0.4 is 9.80 Å². The molecule has 0 saturated carbocycles. The topological polar surface area (TPSA) is 49.9 Å². The summed E-state index contributed by atoms with van der Waals surface area (Å²) in [4.78, 5) is 15.1. The number of anilines is 2. The van der Waals surface area contributed by atoms with E-state index in [0.717, 1.165) is 12.8 Å². The predicted molar refractivity (Wildman–Crippen MR) is 82.3 cm³/mol. The molecule has 0 radical (unpaired) electrons. The van der Waals surface area contributed by atoms with Gasteiger partial charge in [-0.15, -0.1) is 0 Å². The van der Waals surface area contributed by atoms with Crippen LogP contribution in [0.1, 0.15) is 12.8 Å². The highest BCUT2D eigenvalue weighted by molar-refractivity contribution is 7.85. The molecule has 2 bridgehead atoms. The Balaban J connectivity index is 1.63. The maximum Gasteiger partial charge on any atom is 0.414 e. The van der Waals surface area contributed by atoms with Gasteiger partial charge < -0.3 is 9.64 Å². The average Bonchev–Trinajstić information content (AvgIpc) is 3.01. The van der Waals surface area contributed by atoms with Crippen molar-refractivity contribution in [1.82, 2.24) is 0 Å². The predicted octanol–water partition coefficient (Wildman–Crippen LogP) is 1.88. The van der Waals surface area contributed by atoms with Crippen molar-refractivity contribution in [2.75, 3.05) is 34.5 Å². The molecule has 22 heavy (non-hydrogen) atoms. The van der Waals surface area contributed by atoms with Gasteiger partial charge in [-0.3, -0.25) is 9.11 Å². The van der Waals surface area contributed by atoms with Gasteiger partial charge in [0.15, 0.2) is 0 Å². The number of hydrogen-bond donors (Lipinski definition) is 0. The molecular weight excluding hydrogens is 307 g/mol. The van der Waals surface area contributed by atoms with Crippen LogP contribution in [0, 0.1) is 5.82 Å². The summed E-state index contributed by atoms with van der Waals surface area (Å²) in [5.74, 6) is 0.911. The van der Waals surface area contributed by atoms with Gasteiger partial charge in [-0.2, -0.15) is 0 Å². The van der Waals surface area contributed by atoms with Crippen molar-refractivity contribution in [3.8, 4) is 0 Å². The van der Waals surface area contributed by atoms with E-state index in [1.165, 1.54) is 11.0 Å². The molecule has 0 aromatic heterocycles. The zero-order chi connectivity index (χ0) is 15.3. The Bertz CT molecular complexity index is 638. The third-order valence-corrected chi connectivity index (χ3v) is 6.17. The first-order valence-corrected chi connectivity index (χ1v) is 8.99. The minimum atomic E-state index is -0.784. The fourth-order valence-corrected chi connectivity index (χ4v) is 5.33. The van der Waals surface area contributed by atoms with E-state index in [1.807, 2.05) is 0 Å². The van der Waals surface area contributed by atoms with Crippen molar-refractivity contribution in [3.05, 3.63) is 24.0 Å². The van der Waals surface area contributed by atoms with Gasteiger partial charge in [-0.05, 0) is 31.0 Å². The van der Waals surface area contributed by atoms with Crippen LogP contribution in [0.3, 0.4) is 0 Å². The molecule has 0 aliphatic carbocycles. The molecule has 3 aliphatic rings. The third kappa shape index (κ3) is 2.18. The van der Waals surface area contributed by atoms with Gasteiger partial charge in [0.25, 0.3) is 0 Å². The smallest absolute Gasteiger partial charge is 0.414 e. The molecular formula is C15H17FN2O3S. The Morgan fingerprint density at radius 2 is 1.95 bits per heavy atom. The number of hydrogen-bond acceptors (Lipinski definition) is 4. The highest BCUT2D eigenvalue weighted by atomic mass is 32.2. The van der Waals surface area contributed by atoms with E-state index in [4.69, 9.17) is 4.74 Å². The SMILES string of the molecule is O=C1OCCN1c1ccc(N2C3CCC2CS(=O)C3)c(F)c1. The average molecular weight is 324 g/mol. The number of carbonyl (C=O) groups is 1. The lowest BCUT2D eigenvalue weighted by atomic mass is 10.2. The molecule has 3 heterocycles. The van der Waals surface area contributed by atoms with Crippen molar-refractivity contribution < 1.29 is 18.1 Å². The van der Waals surface area contributed by atoms with Gasteiger partial charge in [0.1, 0.15) is 12.4 Å². The van der Waals surface area contributed by atoms with Gasteiger partial charge in [0.05, 0.1) is 17.9 Å². The Kier molecular flexibility index (Phi) is 3.32. The van der Waals surface area contributed by atoms with Crippen LogP contribution in [-0.4, -0.2) is 47.0 Å². The lowest BCUT2D eigenvalue weighted by molar-refractivity contribution is 0.181. The van der Waals surface area contributed by atoms with E-state index < -0.39 is 16.9 Å². The lowest BCUT2D eigenvalue weighted by Crippen LogP contribution is -2.47. The molecule has 2 unspecified atom stereocenters. The Morgan fingerprint density at radius 3 is 2.55 bits per heavy atom. The Labute approximate surface area is 130 Å². The van der Waals surface area contributed by atoms with Crippen LogP contribution in [0.5, 0.6) is 0 Å². The number of rotatable bonds is 2. The molecule has 118 valence electrons. The van der Waals surface area contributed by atoms with Crippen molar-refractivity contribution in [1.29, 1.82) is 0 Å². The fourth-order valence-electron chi connectivity index (χ4n) is 3.68. The van der Waals surface area contributed by atoms with Crippen LogP contribution in [0.4, 0.5) is 20.6 Å². The van der Waals surface area contributed by atoms with Gasteiger partial charge in [0, 0.05) is 34.4 Å². The zero-order valence-electron chi connectivity index (χ0n) is 12.0. The summed E-state index contributed by atoms with van der Waals surface area (Å²) in [5, 5.41) is 0. The number of fused-ring (bicyclic) bond motifs is 2. The van der Waals surface area contributed by atoms with Crippen molar-refractivity contribution >= 4 is 28.3 Å². The summed E-state index contributed by atoms with van der Waals surface area (Å²) in [7, 11) is -0.784. The number of ether oxygens (including phenoxy) is 1. The minimum absolute atomic E-state index is 0.164. The number of benzene rings is 1. The van der Waals surface area contributed by atoms with Crippen LogP contribution in [0.15, 0.2) is 18.2 Å². The molecule has 2 atom stereocenters. The number of carbonyl (C=O) groups excluding carboxylic acids is 1. The minimum Gasteiger partial charge on any atom is -0.447 e. The van der Waals surface area contributed by atoms with Gasteiger partial charge >= 0.3 is 6.09 Å². The Hall–Kier alpha value is -1.63. The van der Waals surface area contributed by atoms with Crippen LogP contribution in [0.2, 0.25) is 0 Å². The maximum absolute atomic E-state index is 14.6. The van der Waals surface area contributed by atoms with Gasteiger partial charge in [-0.25, -0.2) is 9.18 Å². The lowest BCUT2D eigenvalue weighted by Gasteiger charge is -2.36. The molecule has 3 fully saturated rings. The molecule has 0 N–H and O–H groups in total. The number of nitrogens with zero attached hydrogens (tertiary/aromatic N) is 2. The molecule has 3 aliphatic heterocycles. The first-order chi connectivity index (χ1) is 10.6. The number of halogens is 1. The van der Waals surface area contributed by atoms with Crippen LogP contribution in [-0.2, 0) is 15.5 Å². The summed E-state index contributed by atoms with van der Waals surface area (Å²) in [6.45, 7) is 0.788. The number of cyclic esters (lactones) is 1. The van der Waals surface area contributed by atoms with E-state index in [2.05, 4.69) is 4.90 Å². The zero-order valence-corrected chi connectivity index (χ0v) is 12.9. The number of amides is 1. The summed E-state index contributed by atoms with van der Waals surface area (Å²) in [6.07, 6.45) is 1.51. The second-order valence-corrected chi connectivity index (χ2v) is 7.51. The third-order valence-electron chi connectivity index (χ3n) is 4.66. The van der Waals surface area contributed by atoms with Crippen LogP contribution >= 0.6 is 0 Å². The summed E-state index contributed by atoms with van der Waals surface area (Å²) in [5.41, 5.74) is 1.08. The Morgan fingerprint density at radius 1 is 1.23 bits per heavy atom. The maximum atomic E-state index is 14.6. The summed E-state index contributed by atoms with van der Waals surface area (Å²) in [6, 6.07) is 5.21. The van der Waals surface area contributed by atoms with E-state index in [1.54, 1.807) is 12.1 Å².